The van der Waals surface area contributed by atoms with E-state index < -0.39 is 10.8 Å². The number of benzene rings is 1. The largest absolute Gasteiger partial charge is 0.389 e. The highest BCUT2D eigenvalue weighted by molar-refractivity contribution is 7.84. The topological polar surface area (TPSA) is 55.1 Å². The summed E-state index contributed by atoms with van der Waals surface area (Å²) < 4.78 is 11.1. The zero-order valence-electron chi connectivity index (χ0n) is 11.0. The number of thiocarbonyl (C=S) groups is 1. The molecule has 1 rings (SSSR count). The fourth-order valence-corrected chi connectivity index (χ4v) is 2.52. The van der Waals surface area contributed by atoms with Gasteiger partial charge in [-0.3, -0.25) is 4.21 Å². The Labute approximate surface area is 117 Å². The van der Waals surface area contributed by atoms with Crippen LogP contribution in [0, 0.1) is 6.92 Å². The summed E-state index contributed by atoms with van der Waals surface area (Å²) in [4.78, 5) is 0.396. The van der Waals surface area contributed by atoms with E-state index in [1.807, 2.05) is 25.1 Å². The summed E-state index contributed by atoms with van der Waals surface area (Å²) >= 11 is 5.06. The van der Waals surface area contributed by atoms with Crippen molar-refractivity contribution < 1.29 is 4.21 Å². The minimum atomic E-state index is -0.752. The molecule has 1 aromatic carbocycles. The van der Waals surface area contributed by atoms with Crippen molar-refractivity contribution in [3.05, 3.63) is 29.3 Å². The van der Waals surface area contributed by atoms with Gasteiger partial charge < -0.3 is 11.1 Å². The van der Waals surface area contributed by atoms with Gasteiger partial charge in [0.1, 0.15) is 4.99 Å². The summed E-state index contributed by atoms with van der Waals surface area (Å²) in [6, 6.07) is 6.23. The first-order valence-electron chi connectivity index (χ1n) is 5.87. The molecule has 0 spiro atoms. The normalized spacial score (nSPS) is 13.9. The SMILES string of the molecule is Cc1ccc(NC(C)CCS(C)=O)c(C(N)=S)c1. The first kappa shape index (κ1) is 15.1. The summed E-state index contributed by atoms with van der Waals surface area (Å²) in [6.45, 7) is 4.07. The van der Waals surface area contributed by atoms with Crippen LogP contribution in [0.25, 0.3) is 0 Å². The number of hydrogen-bond acceptors (Lipinski definition) is 3. The number of rotatable bonds is 6. The maximum absolute atomic E-state index is 11.1. The van der Waals surface area contributed by atoms with Gasteiger partial charge in [-0.2, -0.15) is 0 Å². The van der Waals surface area contributed by atoms with Crippen molar-refractivity contribution in [3.63, 3.8) is 0 Å². The average Bonchev–Trinajstić information content (AvgIpc) is 2.28. The van der Waals surface area contributed by atoms with E-state index in [0.29, 0.717) is 10.7 Å². The number of aryl methyl sites for hydroxylation is 1. The van der Waals surface area contributed by atoms with Gasteiger partial charge in [-0.15, -0.1) is 0 Å². The van der Waals surface area contributed by atoms with Crippen LogP contribution < -0.4 is 11.1 Å². The average molecular weight is 284 g/mol. The van der Waals surface area contributed by atoms with E-state index in [4.69, 9.17) is 18.0 Å². The molecule has 0 heterocycles. The number of nitrogens with two attached hydrogens (primary N) is 1. The Morgan fingerprint density at radius 2 is 2.22 bits per heavy atom. The second-order valence-corrected chi connectivity index (χ2v) is 6.52. The predicted octanol–water partition coefficient (Wildman–Crippen LogP) is 2.20. The summed E-state index contributed by atoms with van der Waals surface area (Å²) in [5.74, 6) is 0.697. The molecule has 0 amide bonds. The van der Waals surface area contributed by atoms with Crippen LogP contribution in [0.5, 0.6) is 0 Å². The molecule has 0 aliphatic carbocycles. The lowest BCUT2D eigenvalue weighted by atomic mass is 10.1. The third-order valence-corrected chi connectivity index (χ3v) is 3.71. The maximum atomic E-state index is 11.1. The zero-order valence-corrected chi connectivity index (χ0v) is 12.7. The predicted molar refractivity (Wildman–Crippen MR) is 83.7 cm³/mol. The van der Waals surface area contributed by atoms with Crippen LogP contribution in [0.1, 0.15) is 24.5 Å². The lowest BCUT2D eigenvalue weighted by Crippen LogP contribution is -2.21. The van der Waals surface area contributed by atoms with Crippen molar-refractivity contribution in [1.82, 2.24) is 0 Å². The molecule has 0 aliphatic rings. The Morgan fingerprint density at radius 1 is 1.56 bits per heavy atom. The van der Waals surface area contributed by atoms with E-state index in [9.17, 15) is 4.21 Å². The van der Waals surface area contributed by atoms with Gasteiger partial charge in [0, 0.05) is 40.1 Å². The number of anilines is 1. The van der Waals surface area contributed by atoms with E-state index in [1.165, 1.54) is 0 Å². The Bertz CT molecular complexity index is 460. The summed E-state index contributed by atoms with van der Waals surface area (Å²) in [5.41, 5.74) is 8.67. The van der Waals surface area contributed by atoms with E-state index >= 15 is 0 Å². The second kappa shape index (κ2) is 6.85. The maximum Gasteiger partial charge on any atom is 0.106 e. The molecule has 0 saturated carbocycles. The van der Waals surface area contributed by atoms with Crippen molar-refractivity contribution in [2.45, 2.75) is 26.3 Å². The summed E-state index contributed by atoms with van der Waals surface area (Å²) in [6.07, 6.45) is 2.58. The summed E-state index contributed by atoms with van der Waals surface area (Å²) in [7, 11) is -0.752. The molecule has 0 radical (unpaired) electrons. The van der Waals surface area contributed by atoms with Gasteiger partial charge in [-0.1, -0.05) is 23.8 Å². The van der Waals surface area contributed by atoms with Gasteiger partial charge in [0.2, 0.25) is 0 Å². The molecule has 3 nitrogen and oxygen atoms in total. The molecule has 0 aliphatic heterocycles. The Kier molecular flexibility index (Phi) is 5.75. The highest BCUT2D eigenvalue weighted by atomic mass is 32.2. The molecule has 2 atom stereocenters. The van der Waals surface area contributed by atoms with Crippen LogP contribution in [0.3, 0.4) is 0 Å². The summed E-state index contributed by atoms with van der Waals surface area (Å²) in [5, 5.41) is 3.37. The van der Waals surface area contributed by atoms with Gasteiger partial charge in [-0.25, -0.2) is 0 Å². The smallest absolute Gasteiger partial charge is 0.106 e. The highest BCUT2D eigenvalue weighted by Gasteiger charge is 2.09. The van der Waals surface area contributed by atoms with Gasteiger partial charge in [0.25, 0.3) is 0 Å². The van der Waals surface area contributed by atoms with Crippen LogP contribution in [0.2, 0.25) is 0 Å². The van der Waals surface area contributed by atoms with E-state index in [-0.39, 0.29) is 6.04 Å². The Balaban J connectivity index is 2.77. The van der Waals surface area contributed by atoms with Crippen molar-refractivity contribution in [1.29, 1.82) is 0 Å². The van der Waals surface area contributed by atoms with E-state index in [1.54, 1.807) is 6.26 Å². The van der Waals surface area contributed by atoms with E-state index in [2.05, 4.69) is 12.2 Å². The van der Waals surface area contributed by atoms with Crippen molar-refractivity contribution in [3.8, 4) is 0 Å². The third-order valence-electron chi connectivity index (χ3n) is 2.68. The van der Waals surface area contributed by atoms with Crippen LogP contribution in [-0.2, 0) is 10.8 Å². The first-order valence-corrected chi connectivity index (χ1v) is 8.00. The lowest BCUT2D eigenvalue weighted by molar-refractivity contribution is 0.678. The van der Waals surface area contributed by atoms with Crippen LogP contribution >= 0.6 is 12.2 Å². The van der Waals surface area contributed by atoms with Crippen molar-refractivity contribution in [2.24, 2.45) is 5.73 Å². The molecule has 0 saturated heterocycles. The fraction of sp³-hybridized carbons (Fsp3) is 0.462. The first-order chi connectivity index (χ1) is 8.40. The van der Waals surface area contributed by atoms with Gasteiger partial charge in [-0.05, 0) is 32.4 Å². The minimum absolute atomic E-state index is 0.240. The van der Waals surface area contributed by atoms with E-state index in [0.717, 1.165) is 23.2 Å². The molecule has 0 aromatic heterocycles. The zero-order chi connectivity index (χ0) is 13.7. The van der Waals surface area contributed by atoms with Gasteiger partial charge in [0.05, 0.1) is 0 Å². The molecule has 100 valence electrons. The molecule has 1 aromatic rings. The van der Waals surface area contributed by atoms with Crippen LogP contribution in [0.4, 0.5) is 5.69 Å². The van der Waals surface area contributed by atoms with Crippen molar-refractivity contribution in [2.75, 3.05) is 17.3 Å². The monoisotopic (exact) mass is 284 g/mol. The van der Waals surface area contributed by atoms with Crippen LogP contribution in [-0.4, -0.2) is 27.2 Å². The second-order valence-electron chi connectivity index (χ2n) is 4.52. The minimum Gasteiger partial charge on any atom is -0.389 e. The van der Waals surface area contributed by atoms with Crippen molar-refractivity contribution >= 4 is 33.7 Å². The van der Waals surface area contributed by atoms with Crippen LogP contribution in [0.15, 0.2) is 18.2 Å². The number of hydrogen-bond donors (Lipinski definition) is 2. The molecule has 0 bridgehead atoms. The third kappa shape index (κ3) is 4.74. The standard InChI is InChI=1S/C13H20N2OS2/c1-9-4-5-12(11(8-9)13(14)17)15-10(2)6-7-18(3)16/h4-5,8,10,15H,6-7H2,1-3H3,(H2,14,17). The molecule has 0 fully saturated rings. The molecular weight excluding hydrogens is 264 g/mol. The number of nitrogens with one attached hydrogen (secondary N) is 1. The quantitative estimate of drug-likeness (QED) is 0.786. The lowest BCUT2D eigenvalue weighted by Gasteiger charge is -2.17. The molecular formula is C13H20N2OS2. The molecule has 18 heavy (non-hydrogen) atoms. The molecule has 3 N–H and O–H groups in total. The Hall–Kier alpha value is -0.940. The fourth-order valence-electron chi connectivity index (χ4n) is 1.67. The highest BCUT2D eigenvalue weighted by Crippen LogP contribution is 2.19. The van der Waals surface area contributed by atoms with Gasteiger partial charge in [0.15, 0.2) is 0 Å². The molecule has 5 heteroatoms. The van der Waals surface area contributed by atoms with Gasteiger partial charge >= 0.3 is 0 Å². The Morgan fingerprint density at radius 3 is 2.78 bits per heavy atom. The molecule has 2 unspecified atom stereocenters.